The minimum absolute atomic E-state index is 0.203. The standard InChI is InChI=1S/C28H32N4O4/c1-18-24(19(2)36-31-18)17-35-22-11-9-20(10-12-22)28(34)30-26-16-32(13-5-8-27(26)33)15-21-14-29-25-7-4-3-6-23(21)25/h3-4,6-7,9-12,14,26-27,29,33H,5,8,13,15-17H2,1-2H3,(H,30,34)/t26-,27-/m1/s1. The van der Waals surface area contributed by atoms with E-state index in [0.717, 1.165) is 42.0 Å². The van der Waals surface area contributed by atoms with Crippen LogP contribution in [0, 0.1) is 13.8 Å². The van der Waals surface area contributed by atoms with Crippen molar-refractivity contribution in [2.24, 2.45) is 0 Å². The number of ether oxygens (including phenoxy) is 1. The predicted molar refractivity (Wildman–Crippen MR) is 137 cm³/mol. The molecule has 5 rings (SSSR count). The van der Waals surface area contributed by atoms with Crippen LogP contribution in [0.15, 0.2) is 59.3 Å². The molecular weight excluding hydrogens is 456 g/mol. The summed E-state index contributed by atoms with van der Waals surface area (Å²) in [4.78, 5) is 18.6. The summed E-state index contributed by atoms with van der Waals surface area (Å²) in [5, 5.41) is 18.9. The van der Waals surface area contributed by atoms with Gasteiger partial charge in [0.05, 0.1) is 23.4 Å². The molecule has 0 aliphatic carbocycles. The van der Waals surface area contributed by atoms with Gasteiger partial charge in [-0.05, 0) is 69.1 Å². The molecule has 188 valence electrons. The molecule has 3 heterocycles. The van der Waals surface area contributed by atoms with Crippen LogP contribution in [-0.4, -0.2) is 51.3 Å². The van der Waals surface area contributed by atoms with E-state index in [1.54, 1.807) is 24.3 Å². The second-order valence-corrected chi connectivity index (χ2v) is 9.50. The number of hydrogen-bond donors (Lipinski definition) is 3. The molecule has 2 atom stereocenters. The number of aryl methyl sites for hydroxylation is 2. The van der Waals surface area contributed by atoms with E-state index in [0.29, 0.717) is 30.9 Å². The number of aromatic amines is 1. The molecule has 3 N–H and O–H groups in total. The van der Waals surface area contributed by atoms with Gasteiger partial charge in [-0.3, -0.25) is 9.69 Å². The first-order valence-corrected chi connectivity index (χ1v) is 12.4. The molecule has 36 heavy (non-hydrogen) atoms. The maximum absolute atomic E-state index is 13.0. The number of rotatable bonds is 7. The first-order chi connectivity index (χ1) is 17.5. The lowest BCUT2D eigenvalue weighted by atomic mass is 10.1. The maximum Gasteiger partial charge on any atom is 0.251 e. The highest BCUT2D eigenvalue weighted by atomic mass is 16.5. The molecule has 0 saturated carbocycles. The number of benzene rings is 2. The fourth-order valence-corrected chi connectivity index (χ4v) is 4.82. The lowest BCUT2D eigenvalue weighted by Gasteiger charge is -2.27. The van der Waals surface area contributed by atoms with Crippen LogP contribution >= 0.6 is 0 Å². The largest absolute Gasteiger partial charge is 0.489 e. The summed E-state index contributed by atoms with van der Waals surface area (Å²) in [6, 6.07) is 14.9. The van der Waals surface area contributed by atoms with Crippen molar-refractivity contribution in [3.63, 3.8) is 0 Å². The molecule has 0 bridgehead atoms. The van der Waals surface area contributed by atoms with E-state index in [-0.39, 0.29) is 11.9 Å². The third-order valence-corrected chi connectivity index (χ3v) is 6.96. The predicted octanol–water partition coefficient (Wildman–Crippen LogP) is 4.11. The van der Waals surface area contributed by atoms with Gasteiger partial charge in [0.2, 0.25) is 0 Å². The summed E-state index contributed by atoms with van der Waals surface area (Å²) >= 11 is 0. The first-order valence-electron chi connectivity index (χ1n) is 12.4. The van der Waals surface area contributed by atoms with Gasteiger partial charge < -0.3 is 24.7 Å². The molecule has 0 spiro atoms. The van der Waals surface area contributed by atoms with Crippen LogP contribution in [0.3, 0.4) is 0 Å². The van der Waals surface area contributed by atoms with Crippen molar-refractivity contribution >= 4 is 16.8 Å². The SMILES string of the molecule is Cc1noc(C)c1COc1ccc(C(=O)N[C@@H]2CN(Cc3c[nH]c4ccccc34)CCC[C@H]2O)cc1. The zero-order valence-corrected chi connectivity index (χ0v) is 20.7. The van der Waals surface area contributed by atoms with Crippen LogP contribution in [0.25, 0.3) is 10.9 Å². The van der Waals surface area contributed by atoms with E-state index in [2.05, 4.69) is 38.7 Å². The number of carbonyl (C=O) groups excluding carboxylic acids is 1. The minimum Gasteiger partial charge on any atom is -0.489 e. The van der Waals surface area contributed by atoms with Gasteiger partial charge in [0.25, 0.3) is 5.91 Å². The molecule has 2 aromatic heterocycles. The average Bonchev–Trinajstić information content (AvgIpc) is 3.38. The Morgan fingerprint density at radius 2 is 2.03 bits per heavy atom. The summed E-state index contributed by atoms with van der Waals surface area (Å²) in [7, 11) is 0. The maximum atomic E-state index is 13.0. The Kier molecular flexibility index (Phi) is 7.06. The Morgan fingerprint density at radius 3 is 2.81 bits per heavy atom. The molecule has 8 nitrogen and oxygen atoms in total. The smallest absolute Gasteiger partial charge is 0.251 e. The van der Waals surface area contributed by atoms with E-state index < -0.39 is 6.10 Å². The van der Waals surface area contributed by atoms with Crippen LogP contribution in [0.4, 0.5) is 0 Å². The Labute approximate surface area is 210 Å². The number of para-hydroxylation sites is 1. The Balaban J connectivity index is 1.20. The van der Waals surface area contributed by atoms with Crippen LogP contribution < -0.4 is 10.1 Å². The molecule has 1 aliphatic heterocycles. The zero-order valence-electron chi connectivity index (χ0n) is 20.7. The number of hydrogen-bond acceptors (Lipinski definition) is 6. The van der Waals surface area contributed by atoms with Gasteiger partial charge in [-0.1, -0.05) is 23.4 Å². The van der Waals surface area contributed by atoms with Gasteiger partial charge in [-0.2, -0.15) is 0 Å². The quantitative estimate of drug-likeness (QED) is 0.362. The van der Waals surface area contributed by atoms with Crippen LogP contribution in [-0.2, 0) is 13.2 Å². The molecule has 8 heteroatoms. The summed E-state index contributed by atoms with van der Waals surface area (Å²) < 4.78 is 11.0. The number of likely N-dealkylation sites (tertiary alicyclic amines) is 1. The number of aromatic nitrogens is 2. The Bertz CT molecular complexity index is 1310. The minimum atomic E-state index is -0.584. The van der Waals surface area contributed by atoms with Crippen LogP contribution in [0.1, 0.15) is 45.8 Å². The molecule has 1 amide bonds. The van der Waals surface area contributed by atoms with E-state index in [1.165, 1.54) is 10.9 Å². The number of H-pyrrole nitrogens is 1. The molecular formula is C28H32N4O4. The molecule has 4 aromatic rings. The average molecular weight is 489 g/mol. The monoisotopic (exact) mass is 488 g/mol. The van der Waals surface area contributed by atoms with Crippen LogP contribution in [0.2, 0.25) is 0 Å². The number of nitrogens with one attached hydrogen (secondary N) is 2. The van der Waals surface area contributed by atoms with E-state index >= 15 is 0 Å². The molecule has 0 radical (unpaired) electrons. The van der Waals surface area contributed by atoms with Crippen LogP contribution in [0.5, 0.6) is 5.75 Å². The highest BCUT2D eigenvalue weighted by Crippen LogP contribution is 2.22. The molecule has 2 aromatic carbocycles. The van der Waals surface area contributed by atoms with E-state index in [1.807, 2.05) is 26.0 Å². The fourth-order valence-electron chi connectivity index (χ4n) is 4.82. The third kappa shape index (κ3) is 5.29. The van der Waals surface area contributed by atoms with Crippen molar-refractivity contribution in [2.75, 3.05) is 13.1 Å². The van der Waals surface area contributed by atoms with Crippen molar-refractivity contribution in [2.45, 2.75) is 52.0 Å². The molecule has 1 fully saturated rings. The number of carbonyl (C=O) groups is 1. The third-order valence-electron chi connectivity index (χ3n) is 6.96. The summed E-state index contributed by atoms with van der Waals surface area (Å²) in [5.74, 6) is 1.19. The molecule has 1 saturated heterocycles. The topological polar surface area (TPSA) is 104 Å². The van der Waals surface area contributed by atoms with Gasteiger partial charge in [0.1, 0.15) is 18.1 Å². The number of fused-ring (bicyclic) bond motifs is 1. The fraction of sp³-hybridized carbons (Fsp3) is 0.357. The van der Waals surface area contributed by atoms with E-state index in [9.17, 15) is 9.90 Å². The van der Waals surface area contributed by atoms with Crippen molar-refractivity contribution in [3.05, 3.63) is 82.9 Å². The summed E-state index contributed by atoms with van der Waals surface area (Å²) in [6.45, 7) is 6.32. The van der Waals surface area contributed by atoms with Gasteiger partial charge in [0.15, 0.2) is 0 Å². The zero-order chi connectivity index (χ0) is 25.1. The van der Waals surface area contributed by atoms with Gasteiger partial charge in [-0.15, -0.1) is 0 Å². The van der Waals surface area contributed by atoms with Crippen molar-refractivity contribution in [3.8, 4) is 5.75 Å². The summed E-state index contributed by atoms with van der Waals surface area (Å²) in [6.07, 6.45) is 3.01. The van der Waals surface area contributed by atoms with Gasteiger partial charge in [-0.25, -0.2) is 0 Å². The number of aliphatic hydroxyl groups is 1. The first kappa shape index (κ1) is 24.1. The molecule has 0 unspecified atom stereocenters. The normalized spacial score (nSPS) is 18.8. The highest BCUT2D eigenvalue weighted by Gasteiger charge is 2.27. The second kappa shape index (κ2) is 10.6. The second-order valence-electron chi connectivity index (χ2n) is 9.50. The van der Waals surface area contributed by atoms with Gasteiger partial charge >= 0.3 is 0 Å². The number of nitrogens with zero attached hydrogens (tertiary/aromatic N) is 2. The Morgan fingerprint density at radius 1 is 1.22 bits per heavy atom. The summed E-state index contributed by atoms with van der Waals surface area (Å²) in [5.41, 5.74) is 4.60. The number of amides is 1. The lowest BCUT2D eigenvalue weighted by Crippen LogP contribution is -2.48. The highest BCUT2D eigenvalue weighted by molar-refractivity contribution is 5.94. The van der Waals surface area contributed by atoms with Crippen molar-refractivity contribution in [1.29, 1.82) is 0 Å². The number of aliphatic hydroxyl groups excluding tert-OH is 1. The lowest BCUT2D eigenvalue weighted by molar-refractivity contribution is 0.0798. The van der Waals surface area contributed by atoms with Gasteiger partial charge in [0, 0.05) is 35.8 Å². The van der Waals surface area contributed by atoms with E-state index in [4.69, 9.17) is 9.26 Å². The van der Waals surface area contributed by atoms with Crippen molar-refractivity contribution in [1.82, 2.24) is 20.4 Å². The van der Waals surface area contributed by atoms with Crippen molar-refractivity contribution < 1.29 is 19.2 Å². The Hall–Kier alpha value is -3.62. The molecule has 1 aliphatic rings.